The summed E-state index contributed by atoms with van der Waals surface area (Å²) in [5.74, 6) is -0.771. The van der Waals surface area contributed by atoms with Gasteiger partial charge in [0.05, 0.1) is 7.11 Å². The van der Waals surface area contributed by atoms with Crippen molar-refractivity contribution >= 4 is 5.97 Å². The van der Waals surface area contributed by atoms with Crippen LogP contribution in [0.1, 0.15) is 13.3 Å². The van der Waals surface area contributed by atoms with Crippen molar-refractivity contribution in [2.75, 3.05) is 7.11 Å². The van der Waals surface area contributed by atoms with Gasteiger partial charge in [-0.15, -0.1) is 0 Å². The minimum Gasteiger partial charge on any atom is -0.467 e. The van der Waals surface area contributed by atoms with E-state index in [0.717, 1.165) is 7.11 Å². The molecule has 0 N–H and O–H groups in total. The van der Waals surface area contributed by atoms with Crippen LogP contribution in [0.4, 0.5) is 8.78 Å². The van der Waals surface area contributed by atoms with Gasteiger partial charge in [0.2, 0.25) is 0 Å². The second-order valence-corrected chi connectivity index (χ2v) is 1.82. The zero-order valence-corrected chi connectivity index (χ0v) is 6.34. The molecule has 5 heteroatoms. The molecule has 1 unspecified atom stereocenters. The summed E-state index contributed by atoms with van der Waals surface area (Å²) < 4.78 is 31.2. The van der Waals surface area contributed by atoms with Gasteiger partial charge < -0.3 is 9.47 Å². The SMILES string of the molecule is CCC(OC(F)F)C(=O)OC. The van der Waals surface area contributed by atoms with E-state index in [1.807, 2.05) is 0 Å². The normalized spacial score (nSPS) is 13.2. The van der Waals surface area contributed by atoms with E-state index in [9.17, 15) is 13.6 Å². The number of carbonyl (C=O) groups excluding carboxylic acids is 1. The summed E-state index contributed by atoms with van der Waals surface area (Å²) in [5, 5.41) is 0. The highest BCUT2D eigenvalue weighted by Crippen LogP contribution is 2.06. The van der Waals surface area contributed by atoms with E-state index >= 15 is 0 Å². The van der Waals surface area contributed by atoms with E-state index in [0.29, 0.717) is 0 Å². The first-order valence-corrected chi connectivity index (χ1v) is 3.13. The number of rotatable bonds is 4. The fourth-order valence-corrected chi connectivity index (χ4v) is 0.574. The highest BCUT2D eigenvalue weighted by atomic mass is 19.3. The third kappa shape index (κ3) is 3.87. The third-order valence-electron chi connectivity index (χ3n) is 1.10. The van der Waals surface area contributed by atoms with Crippen molar-refractivity contribution in [3.8, 4) is 0 Å². The van der Waals surface area contributed by atoms with Crippen molar-refractivity contribution in [3.05, 3.63) is 0 Å². The Morgan fingerprint density at radius 3 is 2.36 bits per heavy atom. The Labute approximate surface area is 63.3 Å². The second kappa shape index (κ2) is 5.01. The molecule has 0 bridgehead atoms. The lowest BCUT2D eigenvalue weighted by molar-refractivity contribution is -0.189. The molecule has 3 nitrogen and oxygen atoms in total. The number of halogens is 2. The zero-order chi connectivity index (χ0) is 8.85. The molecule has 0 heterocycles. The fraction of sp³-hybridized carbons (Fsp3) is 0.833. The number of esters is 1. The molecule has 0 aromatic rings. The van der Waals surface area contributed by atoms with Gasteiger partial charge in [-0.2, -0.15) is 8.78 Å². The molecule has 0 spiro atoms. The Morgan fingerprint density at radius 1 is 1.55 bits per heavy atom. The minimum atomic E-state index is -2.93. The van der Waals surface area contributed by atoms with E-state index in [2.05, 4.69) is 9.47 Å². The van der Waals surface area contributed by atoms with Crippen molar-refractivity contribution in [3.63, 3.8) is 0 Å². The largest absolute Gasteiger partial charge is 0.467 e. The summed E-state index contributed by atoms with van der Waals surface area (Å²) in [5.41, 5.74) is 0. The Morgan fingerprint density at radius 2 is 2.09 bits per heavy atom. The third-order valence-corrected chi connectivity index (χ3v) is 1.10. The highest BCUT2D eigenvalue weighted by Gasteiger charge is 2.21. The van der Waals surface area contributed by atoms with Crippen molar-refractivity contribution in [2.45, 2.75) is 26.1 Å². The summed E-state index contributed by atoms with van der Waals surface area (Å²) in [6, 6.07) is 0. The molecule has 1 atom stereocenters. The van der Waals surface area contributed by atoms with Gasteiger partial charge in [-0.1, -0.05) is 6.92 Å². The van der Waals surface area contributed by atoms with E-state index in [4.69, 9.17) is 0 Å². The van der Waals surface area contributed by atoms with Gasteiger partial charge in [-0.25, -0.2) is 4.79 Å². The van der Waals surface area contributed by atoms with Crippen molar-refractivity contribution in [2.24, 2.45) is 0 Å². The Balaban J connectivity index is 3.84. The summed E-state index contributed by atoms with van der Waals surface area (Å²) in [6.07, 6.45) is -0.975. The molecule has 0 aromatic carbocycles. The number of alkyl halides is 2. The Hall–Kier alpha value is -0.710. The molecule has 0 aliphatic rings. The lowest BCUT2D eigenvalue weighted by Gasteiger charge is -2.11. The average molecular weight is 168 g/mol. The molecule has 0 aliphatic heterocycles. The van der Waals surface area contributed by atoms with Crippen LogP contribution in [0.5, 0.6) is 0 Å². The maximum Gasteiger partial charge on any atom is 0.346 e. The minimum absolute atomic E-state index is 0.178. The fourth-order valence-electron chi connectivity index (χ4n) is 0.574. The summed E-state index contributed by atoms with van der Waals surface area (Å²) >= 11 is 0. The summed E-state index contributed by atoms with van der Waals surface area (Å²) in [4.78, 5) is 10.6. The Kier molecular flexibility index (Phi) is 4.69. The standard InChI is InChI=1S/C6H10F2O3/c1-3-4(5(9)10-2)11-6(7)8/h4,6H,3H2,1-2H3. The first-order valence-electron chi connectivity index (χ1n) is 3.13. The highest BCUT2D eigenvalue weighted by molar-refractivity contribution is 5.74. The second-order valence-electron chi connectivity index (χ2n) is 1.82. The molecule has 0 saturated carbocycles. The molecular weight excluding hydrogens is 158 g/mol. The number of hydrogen-bond acceptors (Lipinski definition) is 3. The molecule has 0 radical (unpaired) electrons. The number of hydrogen-bond donors (Lipinski definition) is 0. The molecule has 66 valence electrons. The van der Waals surface area contributed by atoms with Gasteiger partial charge in [-0.05, 0) is 6.42 Å². The smallest absolute Gasteiger partial charge is 0.346 e. The van der Waals surface area contributed by atoms with Crippen LogP contribution in [0.25, 0.3) is 0 Å². The van der Waals surface area contributed by atoms with Crippen LogP contribution >= 0.6 is 0 Å². The molecule has 0 rings (SSSR count). The van der Waals surface area contributed by atoms with E-state index in [-0.39, 0.29) is 6.42 Å². The number of carbonyl (C=O) groups is 1. The van der Waals surface area contributed by atoms with E-state index < -0.39 is 18.7 Å². The van der Waals surface area contributed by atoms with Crippen molar-refractivity contribution < 1.29 is 23.0 Å². The molecule has 0 aromatic heterocycles. The van der Waals surface area contributed by atoms with Crippen LogP contribution in [0.15, 0.2) is 0 Å². The number of methoxy groups -OCH3 is 1. The van der Waals surface area contributed by atoms with Gasteiger partial charge in [0.25, 0.3) is 0 Å². The Bertz CT molecular complexity index is 127. The van der Waals surface area contributed by atoms with Crippen LogP contribution < -0.4 is 0 Å². The monoisotopic (exact) mass is 168 g/mol. The van der Waals surface area contributed by atoms with Crippen LogP contribution in [-0.4, -0.2) is 25.8 Å². The predicted molar refractivity (Wildman–Crippen MR) is 33.2 cm³/mol. The van der Waals surface area contributed by atoms with Crippen LogP contribution in [0.2, 0.25) is 0 Å². The van der Waals surface area contributed by atoms with Crippen LogP contribution in [0, 0.1) is 0 Å². The maximum absolute atomic E-state index is 11.5. The molecular formula is C6H10F2O3. The van der Waals surface area contributed by atoms with Gasteiger partial charge in [0, 0.05) is 0 Å². The molecule has 0 aliphatic carbocycles. The van der Waals surface area contributed by atoms with Crippen LogP contribution in [-0.2, 0) is 14.3 Å². The molecule has 0 saturated heterocycles. The summed E-state index contributed by atoms with van der Waals surface area (Å²) in [6.45, 7) is -1.37. The quantitative estimate of drug-likeness (QED) is 0.591. The van der Waals surface area contributed by atoms with Crippen molar-refractivity contribution in [1.82, 2.24) is 0 Å². The predicted octanol–water partition coefficient (Wildman–Crippen LogP) is 1.18. The van der Waals surface area contributed by atoms with Gasteiger partial charge >= 0.3 is 12.6 Å². The van der Waals surface area contributed by atoms with Crippen molar-refractivity contribution in [1.29, 1.82) is 0 Å². The van der Waals surface area contributed by atoms with Crippen LogP contribution in [0.3, 0.4) is 0 Å². The summed E-state index contributed by atoms with van der Waals surface area (Å²) in [7, 11) is 1.12. The topological polar surface area (TPSA) is 35.5 Å². The first kappa shape index (κ1) is 10.3. The molecule has 11 heavy (non-hydrogen) atoms. The maximum atomic E-state index is 11.5. The zero-order valence-electron chi connectivity index (χ0n) is 6.34. The molecule has 0 amide bonds. The van der Waals surface area contributed by atoms with E-state index in [1.54, 1.807) is 6.92 Å². The average Bonchev–Trinajstić information content (AvgIpc) is 1.98. The van der Waals surface area contributed by atoms with Gasteiger partial charge in [0.1, 0.15) is 0 Å². The van der Waals surface area contributed by atoms with Gasteiger partial charge in [0.15, 0.2) is 6.10 Å². The lowest BCUT2D eigenvalue weighted by Crippen LogP contribution is -2.26. The van der Waals surface area contributed by atoms with E-state index in [1.165, 1.54) is 0 Å². The molecule has 0 fully saturated rings. The first-order chi connectivity index (χ1) is 5.11. The lowest BCUT2D eigenvalue weighted by atomic mass is 10.3. The van der Waals surface area contributed by atoms with Gasteiger partial charge in [-0.3, -0.25) is 0 Å². The number of ether oxygens (including phenoxy) is 2.